The average molecular weight is 312 g/mol. The van der Waals surface area contributed by atoms with E-state index in [9.17, 15) is 0 Å². The van der Waals surface area contributed by atoms with E-state index in [1.807, 2.05) is 12.1 Å². The Morgan fingerprint density at radius 1 is 1.29 bits per heavy atom. The first kappa shape index (κ1) is 12.5. The number of nitrogens with one attached hydrogen (secondary N) is 1. The first-order valence-corrected chi connectivity index (χ1v) is 7.03. The fourth-order valence-electron chi connectivity index (χ4n) is 1.42. The molecule has 1 heterocycles. The van der Waals surface area contributed by atoms with Crippen molar-refractivity contribution in [2.45, 2.75) is 26.3 Å². The first-order valence-electron chi connectivity index (χ1n) is 5.47. The molecule has 0 amide bonds. The molecule has 0 saturated carbocycles. The van der Waals surface area contributed by atoms with E-state index >= 15 is 0 Å². The standard InChI is InChI=1S/C12H14BrN3S/c1-8(2)14-12-15-11(16-17-12)7-9-3-5-10(13)6-4-9/h3-6,8H,7H2,1-2H3,(H,14,15,16). The minimum atomic E-state index is 0.392. The molecule has 3 nitrogen and oxygen atoms in total. The summed E-state index contributed by atoms with van der Waals surface area (Å²) in [6, 6.07) is 8.63. The van der Waals surface area contributed by atoms with Crippen LogP contribution in [0, 0.1) is 0 Å². The van der Waals surface area contributed by atoms with E-state index in [0.717, 1.165) is 21.8 Å². The third kappa shape index (κ3) is 3.78. The van der Waals surface area contributed by atoms with Gasteiger partial charge in [-0.3, -0.25) is 0 Å². The minimum Gasteiger partial charge on any atom is -0.358 e. The van der Waals surface area contributed by atoms with Gasteiger partial charge in [0.15, 0.2) is 0 Å². The van der Waals surface area contributed by atoms with Gasteiger partial charge < -0.3 is 5.32 Å². The number of anilines is 1. The van der Waals surface area contributed by atoms with Gasteiger partial charge in [-0.2, -0.15) is 4.37 Å². The zero-order chi connectivity index (χ0) is 12.3. The van der Waals surface area contributed by atoms with E-state index in [1.54, 1.807) is 0 Å². The van der Waals surface area contributed by atoms with Gasteiger partial charge in [-0.15, -0.1) is 0 Å². The van der Waals surface area contributed by atoms with Crippen molar-refractivity contribution in [3.8, 4) is 0 Å². The largest absolute Gasteiger partial charge is 0.358 e. The quantitative estimate of drug-likeness (QED) is 0.935. The second-order valence-corrected chi connectivity index (χ2v) is 5.79. The van der Waals surface area contributed by atoms with E-state index in [1.165, 1.54) is 17.1 Å². The summed E-state index contributed by atoms with van der Waals surface area (Å²) in [5.41, 5.74) is 1.22. The van der Waals surface area contributed by atoms with E-state index < -0.39 is 0 Å². The molecule has 17 heavy (non-hydrogen) atoms. The molecule has 0 saturated heterocycles. The number of benzene rings is 1. The normalized spacial score (nSPS) is 10.8. The van der Waals surface area contributed by atoms with Crippen molar-refractivity contribution < 1.29 is 0 Å². The smallest absolute Gasteiger partial charge is 0.202 e. The Hall–Kier alpha value is -0.940. The third-order valence-corrected chi connectivity index (χ3v) is 3.37. The molecule has 0 bridgehead atoms. The van der Waals surface area contributed by atoms with Crippen molar-refractivity contribution in [3.63, 3.8) is 0 Å². The monoisotopic (exact) mass is 311 g/mol. The highest BCUT2D eigenvalue weighted by Gasteiger charge is 2.05. The molecule has 0 radical (unpaired) electrons. The molecule has 0 atom stereocenters. The van der Waals surface area contributed by atoms with Gasteiger partial charge in [0.1, 0.15) is 5.82 Å². The highest BCUT2D eigenvalue weighted by molar-refractivity contribution is 9.10. The Balaban J connectivity index is 2.03. The molecule has 2 aromatic rings. The molecule has 1 aromatic carbocycles. The number of nitrogens with zero attached hydrogens (tertiary/aromatic N) is 2. The molecule has 5 heteroatoms. The van der Waals surface area contributed by atoms with Crippen molar-refractivity contribution in [2.24, 2.45) is 0 Å². The molecule has 1 aromatic heterocycles. The van der Waals surface area contributed by atoms with Crippen molar-refractivity contribution in [2.75, 3.05) is 5.32 Å². The van der Waals surface area contributed by atoms with Crippen LogP contribution in [0.1, 0.15) is 25.2 Å². The van der Waals surface area contributed by atoms with E-state index in [0.29, 0.717) is 6.04 Å². The van der Waals surface area contributed by atoms with Gasteiger partial charge >= 0.3 is 0 Å². The van der Waals surface area contributed by atoms with Gasteiger partial charge in [-0.1, -0.05) is 28.1 Å². The topological polar surface area (TPSA) is 37.8 Å². The Morgan fingerprint density at radius 3 is 2.65 bits per heavy atom. The number of halogens is 1. The number of rotatable bonds is 4. The molecule has 1 N–H and O–H groups in total. The Bertz CT molecular complexity index is 479. The lowest BCUT2D eigenvalue weighted by Crippen LogP contribution is -2.09. The summed E-state index contributed by atoms with van der Waals surface area (Å²) in [6.45, 7) is 4.19. The van der Waals surface area contributed by atoms with E-state index in [4.69, 9.17) is 0 Å². The summed E-state index contributed by atoms with van der Waals surface area (Å²) in [5.74, 6) is 0.875. The predicted molar refractivity (Wildman–Crippen MR) is 75.6 cm³/mol. The molecular formula is C12H14BrN3S. The molecule has 0 aliphatic heterocycles. The highest BCUT2D eigenvalue weighted by Crippen LogP contribution is 2.16. The van der Waals surface area contributed by atoms with Crippen molar-refractivity contribution in [1.82, 2.24) is 9.36 Å². The second kappa shape index (κ2) is 5.60. The van der Waals surface area contributed by atoms with Crippen LogP contribution >= 0.6 is 27.5 Å². The molecule has 0 spiro atoms. The van der Waals surface area contributed by atoms with Crippen LogP contribution in [0.15, 0.2) is 28.7 Å². The summed E-state index contributed by atoms with van der Waals surface area (Å²) in [5, 5.41) is 4.15. The summed E-state index contributed by atoms with van der Waals surface area (Å²) in [7, 11) is 0. The zero-order valence-electron chi connectivity index (χ0n) is 9.77. The lowest BCUT2D eigenvalue weighted by molar-refractivity contribution is 0.892. The lowest BCUT2D eigenvalue weighted by atomic mass is 10.1. The molecule has 90 valence electrons. The number of aromatic nitrogens is 2. The Labute approximate surface area is 114 Å². The second-order valence-electron chi connectivity index (χ2n) is 4.12. The maximum Gasteiger partial charge on any atom is 0.202 e. The third-order valence-electron chi connectivity index (χ3n) is 2.16. The number of hydrogen-bond donors (Lipinski definition) is 1. The molecule has 0 unspecified atom stereocenters. The van der Waals surface area contributed by atoms with Crippen LogP contribution in [0.5, 0.6) is 0 Å². The van der Waals surface area contributed by atoms with Gasteiger partial charge in [-0.05, 0) is 31.5 Å². The molecular weight excluding hydrogens is 298 g/mol. The van der Waals surface area contributed by atoms with Gasteiger partial charge in [0.05, 0.1) is 0 Å². The van der Waals surface area contributed by atoms with Crippen LogP contribution in [0.2, 0.25) is 0 Å². The van der Waals surface area contributed by atoms with Crippen LogP contribution in [-0.4, -0.2) is 15.4 Å². The fraction of sp³-hybridized carbons (Fsp3) is 0.333. The van der Waals surface area contributed by atoms with Crippen molar-refractivity contribution in [3.05, 3.63) is 40.1 Å². The van der Waals surface area contributed by atoms with Crippen molar-refractivity contribution >= 4 is 32.6 Å². The number of hydrogen-bond acceptors (Lipinski definition) is 4. The Kier molecular flexibility index (Phi) is 4.12. The molecule has 0 fully saturated rings. The van der Waals surface area contributed by atoms with Gasteiger partial charge in [0.2, 0.25) is 5.13 Å². The van der Waals surface area contributed by atoms with Gasteiger partial charge in [0, 0.05) is 28.5 Å². The summed E-state index contributed by atoms with van der Waals surface area (Å²) in [4.78, 5) is 4.45. The minimum absolute atomic E-state index is 0.392. The van der Waals surface area contributed by atoms with Crippen LogP contribution in [0.3, 0.4) is 0 Å². The SMILES string of the molecule is CC(C)Nc1nc(Cc2ccc(Br)cc2)ns1. The van der Waals surface area contributed by atoms with Gasteiger partial charge in [-0.25, -0.2) is 4.98 Å². The Morgan fingerprint density at radius 2 is 2.00 bits per heavy atom. The highest BCUT2D eigenvalue weighted by atomic mass is 79.9. The van der Waals surface area contributed by atoms with Crippen LogP contribution < -0.4 is 5.32 Å². The predicted octanol–water partition coefficient (Wildman–Crippen LogP) is 3.71. The zero-order valence-corrected chi connectivity index (χ0v) is 12.2. The fourth-order valence-corrected chi connectivity index (χ4v) is 2.41. The summed E-state index contributed by atoms with van der Waals surface area (Å²) < 4.78 is 5.44. The molecule has 0 aliphatic rings. The van der Waals surface area contributed by atoms with E-state index in [2.05, 4.69) is 56.6 Å². The molecule has 0 aliphatic carbocycles. The molecule has 2 rings (SSSR count). The van der Waals surface area contributed by atoms with Gasteiger partial charge in [0.25, 0.3) is 0 Å². The van der Waals surface area contributed by atoms with Crippen LogP contribution in [0.25, 0.3) is 0 Å². The maximum absolute atomic E-state index is 4.45. The first-order chi connectivity index (χ1) is 8.13. The van der Waals surface area contributed by atoms with Crippen molar-refractivity contribution in [1.29, 1.82) is 0 Å². The maximum atomic E-state index is 4.45. The summed E-state index contributed by atoms with van der Waals surface area (Å²) >= 11 is 4.84. The lowest BCUT2D eigenvalue weighted by Gasteiger charge is -2.03. The summed E-state index contributed by atoms with van der Waals surface area (Å²) in [6.07, 6.45) is 0.781. The van der Waals surface area contributed by atoms with E-state index in [-0.39, 0.29) is 0 Å². The van der Waals surface area contributed by atoms with Crippen LogP contribution in [0.4, 0.5) is 5.13 Å². The average Bonchev–Trinajstić information content (AvgIpc) is 2.68. The van der Waals surface area contributed by atoms with Crippen LogP contribution in [-0.2, 0) is 6.42 Å².